The monoisotopic (exact) mass is 285 g/mol. The van der Waals surface area contributed by atoms with Crippen LogP contribution in [0.3, 0.4) is 0 Å². The summed E-state index contributed by atoms with van der Waals surface area (Å²) in [6.45, 7) is 0. The normalized spacial score (nSPS) is 11.4. The number of ether oxygens (including phenoxy) is 1. The lowest BCUT2D eigenvalue weighted by molar-refractivity contribution is -0.141. The third kappa shape index (κ3) is 2.49. The van der Waals surface area contributed by atoms with E-state index in [0.29, 0.717) is 0 Å². The van der Waals surface area contributed by atoms with Crippen LogP contribution in [0, 0.1) is 0 Å². The number of aromatic nitrogens is 3. The zero-order valence-electron chi connectivity index (χ0n) is 10.6. The minimum absolute atomic E-state index is 0.00771. The maximum absolute atomic E-state index is 12.6. The van der Waals surface area contributed by atoms with Gasteiger partial charge in [-0.1, -0.05) is 6.07 Å². The number of carbonyl (C=O) groups is 1. The highest BCUT2D eigenvalue weighted by Crippen LogP contribution is 2.30. The van der Waals surface area contributed by atoms with Gasteiger partial charge >= 0.3 is 12.1 Å². The van der Waals surface area contributed by atoms with E-state index in [1.807, 2.05) is 0 Å². The van der Waals surface area contributed by atoms with Crippen molar-refractivity contribution < 1.29 is 22.7 Å². The summed E-state index contributed by atoms with van der Waals surface area (Å²) >= 11 is 0. The van der Waals surface area contributed by atoms with Gasteiger partial charge in [0.2, 0.25) is 0 Å². The van der Waals surface area contributed by atoms with Gasteiger partial charge in [-0.3, -0.25) is 4.68 Å². The van der Waals surface area contributed by atoms with E-state index in [-0.39, 0.29) is 17.0 Å². The van der Waals surface area contributed by atoms with Crippen molar-refractivity contribution >= 4 is 5.97 Å². The van der Waals surface area contributed by atoms with Crippen LogP contribution < -0.4 is 0 Å². The Labute approximate surface area is 112 Å². The van der Waals surface area contributed by atoms with Gasteiger partial charge in [-0.15, -0.1) is 0 Å². The summed E-state index contributed by atoms with van der Waals surface area (Å²) in [7, 11) is 2.67. The summed E-state index contributed by atoms with van der Waals surface area (Å²) in [6, 6.07) is 3.45. The molecule has 0 bridgehead atoms. The van der Waals surface area contributed by atoms with E-state index >= 15 is 0 Å². The first-order chi connectivity index (χ1) is 9.34. The fourth-order valence-corrected chi connectivity index (χ4v) is 1.71. The summed E-state index contributed by atoms with van der Waals surface area (Å²) < 4.78 is 43.7. The molecule has 8 heteroatoms. The number of hydrogen-bond acceptors (Lipinski definition) is 4. The quantitative estimate of drug-likeness (QED) is 0.794. The molecular weight excluding hydrogens is 275 g/mol. The molecule has 2 rings (SSSR count). The molecule has 0 spiro atoms. The second-order valence-electron chi connectivity index (χ2n) is 3.93. The van der Waals surface area contributed by atoms with Gasteiger partial charge in [0.15, 0.2) is 5.69 Å². The Morgan fingerprint density at radius 2 is 2.05 bits per heavy atom. The minimum atomic E-state index is -4.55. The SMILES string of the molecule is COC(=O)c1c(-c2cccc(C(F)(F)F)n2)cnn1C. The molecule has 5 nitrogen and oxygen atoms in total. The van der Waals surface area contributed by atoms with Crippen LogP contribution in [0.25, 0.3) is 11.3 Å². The average molecular weight is 285 g/mol. The van der Waals surface area contributed by atoms with Crippen LogP contribution in [0.2, 0.25) is 0 Å². The highest BCUT2D eigenvalue weighted by atomic mass is 19.4. The van der Waals surface area contributed by atoms with Crippen LogP contribution in [0.15, 0.2) is 24.4 Å². The number of rotatable bonds is 2. The molecule has 106 valence electrons. The Kier molecular flexibility index (Phi) is 3.47. The molecule has 0 saturated heterocycles. The fraction of sp³-hybridized carbons (Fsp3) is 0.250. The molecule has 20 heavy (non-hydrogen) atoms. The van der Waals surface area contributed by atoms with Crippen molar-refractivity contribution in [2.45, 2.75) is 6.18 Å². The molecule has 0 aromatic carbocycles. The summed E-state index contributed by atoms with van der Waals surface area (Å²) in [5.41, 5.74) is -0.798. The molecule has 0 atom stereocenters. The first-order valence-corrected chi connectivity index (χ1v) is 5.49. The van der Waals surface area contributed by atoms with Gasteiger partial charge in [0.25, 0.3) is 0 Å². The molecule has 0 radical (unpaired) electrons. The van der Waals surface area contributed by atoms with Crippen LogP contribution in [0.5, 0.6) is 0 Å². The summed E-state index contributed by atoms with van der Waals surface area (Å²) in [4.78, 5) is 15.2. The van der Waals surface area contributed by atoms with Crippen LogP contribution in [-0.2, 0) is 18.0 Å². The average Bonchev–Trinajstić information content (AvgIpc) is 2.79. The predicted molar refractivity (Wildman–Crippen MR) is 62.8 cm³/mol. The Balaban J connectivity index is 2.56. The molecule has 0 fully saturated rings. The fourth-order valence-electron chi connectivity index (χ4n) is 1.71. The first kappa shape index (κ1) is 14.0. The van der Waals surface area contributed by atoms with Gasteiger partial charge in [-0.25, -0.2) is 9.78 Å². The Hall–Kier alpha value is -2.38. The molecule has 0 amide bonds. The molecule has 0 N–H and O–H groups in total. The molecule has 0 aliphatic rings. The van der Waals surface area contributed by atoms with Gasteiger partial charge in [0.05, 0.1) is 24.6 Å². The van der Waals surface area contributed by atoms with E-state index in [2.05, 4.69) is 14.8 Å². The Morgan fingerprint density at radius 3 is 2.65 bits per heavy atom. The van der Waals surface area contributed by atoms with E-state index in [1.165, 1.54) is 37.2 Å². The number of methoxy groups -OCH3 is 1. The minimum Gasteiger partial charge on any atom is -0.464 e. The molecule has 0 saturated carbocycles. The standard InChI is InChI=1S/C12H10F3N3O2/c1-18-10(11(19)20-2)7(6-16-18)8-4-3-5-9(17-8)12(13,14)15/h3-6H,1-2H3. The lowest BCUT2D eigenvalue weighted by Gasteiger charge is -2.08. The number of nitrogens with zero attached hydrogens (tertiary/aromatic N) is 3. The number of aryl methyl sites for hydroxylation is 1. The van der Waals surface area contributed by atoms with Gasteiger partial charge in [-0.2, -0.15) is 18.3 Å². The van der Waals surface area contributed by atoms with Crippen molar-refractivity contribution in [3.8, 4) is 11.3 Å². The molecule has 2 aromatic heterocycles. The Bertz CT molecular complexity index is 650. The summed E-state index contributed by atoms with van der Waals surface area (Å²) in [5.74, 6) is -0.695. The lowest BCUT2D eigenvalue weighted by Crippen LogP contribution is -2.11. The zero-order valence-corrected chi connectivity index (χ0v) is 10.6. The molecule has 0 unspecified atom stereocenters. The molecule has 0 aliphatic heterocycles. The number of pyridine rings is 1. The largest absolute Gasteiger partial charge is 0.464 e. The number of alkyl halides is 3. The number of halogens is 3. The maximum Gasteiger partial charge on any atom is 0.433 e. The lowest BCUT2D eigenvalue weighted by atomic mass is 10.1. The van der Waals surface area contributed by atoms with Gasteiger partial charge < -0.3 is 4.74 Å². The molecule has 2 aromatic rings. The van der Waals surface area contributed by atoms with E-state index in [1.54, 1.807) is 0 Å². The number of esters is 1. The second kappa shape index (κ2) is 4.95. The van der Waals surface area contributed by atoms with Crippen LogP contribution in [0.4, 0.5) is 13.2 Å². The number of hydrogen-bond donors (Lipinski definition) is 0. The molecule has 2 heterocycles. The number of carbonyl (C=O) groups excluding carboxylic acids is 1. The summed E-state index contributed by atoms with van der Waals surface area (Å²) in [5, 5.41) is 3.85. The van der Waals surface area contributed by atoms with Gasteiger partial charge in [0.1, 0.15) is 5.69 Å². The first-order valence-electron chi connectivity index (χ1n) is 5.49. The van der Waals surface area contributed by atoms with Crippen molar-refractivity contribution in [1.29, 1.82) is 0 Å². The highest BCUT2D eigenvalue weighted by molar-refractivity contribution is 5.94. The Morgan fingerprint density at radius 1 is 1.35 bits per heavy atom. The maximum atomic E-state index is 12.6. The third-order valence-electron chi connectivity index (χ3n) is 2.63. The second-order valence-corrected chi connectivity index (χ2v) is 3.93. The third-order valence-corrected chi connectivity index (χ3v) is 2.63. The van der Waals surface area contributed by atoms with Crippen molar-refractivity contribution in [2.75, 3.05) is 7.11 Å². The van der Waals surface area contributed by atoms with E-state index in [9.17, 15) is 18.0 Å². The van der Waals surface area contributed by atoms with Crippen molar-refractivity contribution in [3.05, 3.63) is 35.8 Å². The van der Waals surface area contributed by atoms with Gasteiger partial charge in [0, 0.05) is 7.05 Å². The van der Waals surface area contributed by atoms with E-state index < -0.39 is 17.8 Å². The highest BCUT2D eigenvalue weighted by Gasteiger charge is 2.33. The van der Waals surface area contributed by atoms with Crippen molar-refractivity contribution in [3.63, 3.8) is 0 Å². The zero-order chi connectivity index (χ0) is 14.9. The van der Waals surface area contributed by atoms with Crippen molar-refractivity contribution in [1.82, 2.24) is 14.8 Å². The predicted octanol–water partition coefficient (Wildman–Crippen LogP) is 2.29. The van der Waals surface area contributed by atoms with Crippen LogP contribution in [0.1, 0.15) is 16.2 Å². The topological polar surface area (TPSA) is 57.0 Å². The van der Waals surface area contributed by atoms with E-state index in [0.717, 1.165) is 6.07 Å². The van der Waals surface area contributed by atoms with E-state index in [4.69, 9.17) is 0 Å². The van der Waals surface area contributed by atoms with Gasteiger partial charge in [-0.05, 0) is 12.1 Å². The summed E-state index contributed by atoms with van der Waals surface area (Å²) in [6.07, 6.45) is -3.28. The molecular formula is C12H10F3N3O2. The van der Waals surface area contributed by atoms with Crippen molar-refractivity contribution in [2.24, 2.45) is 7.05 Å². The van der Waals surface area contributed by atoms with Crippen LogP contribution in [-0.4, -0.2) is 27.8 Å². The molecule has 0 aliphatic carbocycles. The smallest absolute Gasteiger partial charge is 0.433 e. The van der Waals surface area contributed by atoms with Crippen LogP contribution >= 0.6 is 0 Å².